The summed E-state index contributed by atoms with van der Waals surface area (Å²) >= 11 is 12.0. The summed E-state index contributed by atoms with van der Waals surface area (Å²) in [6.07, 6.45) is 0. The fraction of sp³-hybridized carbons (Fsp3) is 0.333. The van der Waals surface area contributed by atoms with Crippen molar-refractivity contribution in [3.8, 4) is 0 Å². The lowest BCUT2D eigenvalue weighted by molar-refractivity contribution is -0.885. The van der Waals surface area contributed by atoms with Crippen LogP contribution in [0, 0.1) is 13.8 Å². The molecule has 0 radical (unpaired) electrons. The molecule has 2 N–H and O–H groups in total. The molecule has 0 aliphatic carbocycles. The Morgan fingerprint density at radius 1 is 1.07 bits per heavy atom. The van der Waals surface area contributed by atoms with Gasteiger partial charge >= 0.3 is 0 Å². The molecule has 0 aliphatic rings. The van der Waals surface area contributed by atoms with Gasteiger partial charge in [-0.1, -0.05) is 47.5 Å². The third-order valence-corrected chi connectivity index (χ3v) is 5.23. The molecule has 0 saturated heterocycles. The second-order valence-corrected chi connectivity index (χ2v) is 7.94. The average molecular weight is 423 g/mol. The van der Waals surface area contributed by atoms with Gasteiger partial charge in [0.25, 0.3) is 5.91 Å². The highest BCUT2D eigenvalue weighted by Gasteiger charge is 2.18. The summed E-state index contributed by atoms with van der Waals surface area (Å²) in [6, 6.07) is 11.3. The maximum absolute atomic E-state index is 12.5. The number of likely N-dealkylation sites (N-methyl/N-ethyl adjacent to an activating group) is 2. The van der Waals surface area contributed by atoms with Gasteiger partial charge in [-0.15, -0.1) is 0 Å². The minimum Gasteiger partial charge on any atom is -0.332 e. The molecule has 1 atom stereocenters. The first-order chi connectivity index (χ1) is 13.2. The lowest BCUT2D eigenvalue weighted by atomic mass is 10.1. The number of quaternary nitrogens is 1. The van der Waals surface area contributed by atoms with E-state index in [1.54, 1.807) is 19.2 Å². The molecule has 2 aromatic rings. The van der Waals surface area contributed by atoms with E-state index < -0.39 is 0 Å². The summed E-state index contributed by atoms with van der Waals surface area (Å²) < 4.78 is 0. The number of benzene rings is 2. The van der Waals surface area contributed by atoms with Gasteiger partial charge in [0.15, 0.2) is 6.54 Å². The topological polar surface area (TPSA) is 53.9 Å². The van der Waals surface area contributed by atoms with Crippen molar-refractivity contribution >= 4 is 40.7 Å². The second kappa shape index (κ2) is 9.92. The first-order valence-corrected chi connectivity index (χ1v) is 9.78. The number of rotatable bonds is 7. The van der Waals surface area contributed by atoms with Gasteiger partial charge in [0.2, 0.25) is 5.91 Å². The first kappa shape index (κ1) is 22.2. The highest BCUT2D eigenvalue weighted by molar-refractivity contribution is 6.42. The van der Waals surface area contributed by atoms with Crippen LogP contribution in [0.4, 0.5) is 5.69 Å². The largest absolute Gasteiger partial charge is 0.332 e. The minimum atomic E-state index is -0.213. The van der Waals surface area contributed by atoms with Crippen LogP contribution in [-0.2, 0) is 16.1 Å². The molecular weight excluding hydrogens is 397 g/mol. The molecule has 0 spiro atoms. The quantitative estimate of drug-likeness (QED) is 0.720. The SMILES string of the molecule is Cc1cccc(C)c1NC(=O)CN(C)C(=O)C[NH+](C)Cc1ccc(Cl)c(Cl)c1. The molecule has 2 rings (SSSR count). The predicted molar refractivity (Wildman–Crippen MR) is 114 cm³/mol. The van der Waals surface area contributed by atoms with E-state index in [0.29, 0.717) is 16.6 Å². The van der Waals surface area contributed by atoms with Crippen LogP contribution in [-0.4, -0.2) is 43.9 Å². The van der Waals surface area contributed by atoms with E-state index in [-0.39, 0.29) is 24.9 Å². The van der Waals surface area contributed by atoms with E-state index >= 15 is 0 Å². The molecule has 0 fully saturated rings. The van der Waals surface area contributed by atoms with Gasteiger partial charge in [0.05, 0.1) is 23.6 Å². The Bertz CT molecular complexity index is 850. The summed E-state index contributed by atoms with van der Waals surface area (Å²) in [5.74, 6) is -0.315. The second-order valence-electron chi connectivity index (χ2n) is 7.12. The highest BCUT2D eigenvalue weighted by Crippen LogP contribution is 2.22. The first-order valence-electron chi connectivity index (χ1n) is 9.02. The zero-order valence-corrected chi connectivity index (χ0v) is 18.1. The smallest absolute Gasteiger partial charge is 0.277 e. The van der Waals surface area contributed by atoms with Crippen LogP contribution in [0.3, 0.4) is 0 Å². The number of para-hydroxylation sites is 1. The number of carbonyl (C=O) groups is 2. The summed E-state index contributed by atoms with van der Waals surface area (Å²) in [7, 11) is 3.56. The number of hydrogen-bond donors (Lipinski definition) is 2. The number of halogens is 2. The Hall–Kier alpha value is -2.08. The van der Waals surface area contributed by atoms with Crippen LogP contribution in [0.2, 0.25) is 10.0 Å². The molecule has 28 heavy (non-hydrogen) atoms. The van der Waals surface area contributed by atoms with Gasteiger partial charge in [-0.3, -0.25) is 9.59 Å². The van der Waals surface area contributed by atoms with Gasteiger partial charge in [-0.25, -0.2) is 0 Å². The van der Waals surface area contributed by atoms with E-state index in [2.05, 4.69) is 5.32 Å². The number of nitrogens with one attached hydrogen (secondary N) is 2. The summed E-state index contributed by atoms with van der Waals surface area (Å²) in [6.45, 7) is 4.79. The van der Waals surface area contributed by atoms with Crippen molar-refractivity contribution < 1.29 is 14.5 Å². The molecule has 2 aromatic carbocycles. The number of aryl methyl sites for hydroxylation is 2. The molecule has 150 valence electrons. The molecule has 1 unspecified atom stereocenters. The fourth-order valence-corrected chi connectivity index (χ4v) is 3.27. The maximum Gasteiger partial charge on any atom is 0.277 e. The van der Waals surface area contributed by atoms with Crippen molar-refractivity contribution in [3.05, 3.63) is 63.1 Å². The standard InChI is InChI=1S/C21H25Cl2N3O2/c1-14-6-5-7-15(2)21(14)24-19(27)12-26(4)20(28)13-25(3)11-16-8-9-17(22)18(23)10-16/h5-10H,11-13H2,1-4H3,(H,24,27)/p+1. The molecule has 0 aliphatic heterocycles. The van der Waals surface area contributed by atoms with Gasteiger partial charge in [0.1, 0.15) is 6.54 Å². The van der Waals surface area contributed by atoms with Gasteiger partial charge in [-0.05, 0) is 37.1 Å². The van der Waals surface area contributed by atoms with E-state index in [1.807, 2.05) is 45.2 Å². The van der Waals surface area contributed by atoms with Crippen molar-refractivity contribution in [3.63, 3.8) is 0 Å². The molecule has 5 nitrogen and oxygen atoms in total. The van der Waals surface area contributed by atoms with Crippen molar-refractivity contribution in [1.82, 2.24) is 4.90 Å². The third-order valence-electron chi connectivity index (χ3n) is 4.49. The van der Waals surface area contributed by atoms with E-state index in [0.717, 1.165) is 27.3 Å². The van der Waals surface area contributed by atoms with Crippen LogP contribution < -0.4 is 10.2 Å². The Morgan fingerprint density at radius 2 is 1.71 bits per heavy atom. The Balaban J connectivity index is 1.87. The zero-order valence-electron chi connectivity index (χ0n) is 16.6. The van der Waals surface area contributed by atoms with Crippen molar-refractivity contribution in [2.45, 2.75) is 20.4 Å². The van der Waals surface area contributed by atoms with Gasteiger partial charge in [0, 0.05) is 18.3 Å². The number of nitrogens with zero attached hydrogens (tertiary/aromatic N) is 1. The van der Waals surface area contributed by atoms with Crippen LogP contribution in [0.15, 0.2) is 36.4 Å². The zero-order chi connectivity index (χ0) is 20.8. The van der Waals surface area contributed by atoms with Crippen LogP contribution in [0.25, 0.3) is 0 Å². The summed E-state index contributed by atoms with van der Waals surface area (Å²) in [5.41, 5.74) is 3.78. The Kier molecular flexibility index (Phi) is 7.87. The molecule has 0 saturated carbocycles. The lowest BCUT2D eigenvalue weighted by Gasteiger charge is -2.20. The number of amides is 2. The molecule has 0 bridgehead atoms. The van der Waals surface area contributed by atoms with Crippen molar-refractivity contribution in [1.29, 1.82) is 0 Å². The summed E-state index contributed by atoms with van der Waals surface area (Å²) in [4.78, 5) is 27.2. The highest BCUT2D eigenvalue weighted by atomic mass is 35.5. The van der Waals surface area contributed by atoms with Gasteiger partial charge < -0.3 is 15.1 Å². The number of hydrogen-bond acceptors (Lipinski definition) is 2. The molecule has 0 heterocycles. The van der Waals surface area contributed by atoms with E-state index in [9.17, 15) is 9.59 Å². The van der Waals surface area contributed by atoms with Crippen molar-refractivity contribution in [2.24, 2.45) is 0 Å². The number of carbonyl (C=O) groups excluding carboxylic acids is 2. The van der Waals surface area contributed by atoms with E-state index in [4.69, 9.17) is 23.2 Å². The van der Waals surface area contributed by atoms with E-state index in [1.165, 1.54) is 4.90 Å². The molecule has 7 heteroatoms. The van der Waals surface area contributed by atoms with Crippen LogP contribution >= 0.6 is 23.2 Å². The Morgan fingerprint density at radius 3 is 2.32 bits per heavy atom. The third kappa shape index (κ3) is 6.23. The van der Waals surface area contributed by atoms with Gasteiger partial charge in [-0.2, -0.15) is 0 Å². The Labute approximate surface area is 176 Å². The summed E-state index contributed by atoms with van der Waals surface area (Å²) in [5, 5.41) is 3.91. The monoisotopic (exact) mass is 422 g/mol. The fourth-order valence-electron chi connectivity index (χ4n) is 2.95. The normalized spacial score (nSPS) is 11.8. The van der Waals surface area contributed by atoms with Crippen molar-refractivity contribution in [2.75, 3.05) is 32.5 Å². The molecular formula is C21H26Cl2N3O2+. The number of anilines is 1. The van der Waals surface area contributed by atoms with Crippen LogP contribution in [0.5, 0.6) is 0 Å². The average Bonchev–Trinajstić information content (AvgIpc) is 2.61. The predicted octanol–water partition coefficient (Wildman–Crippen LogP) is 2.72. The molecule has 2 amide bonds. The maximum atomic E-state index is 12.5. The van der Waals surface area contributed by atoms with Crippen LogP contribution in [0.1, 0.15) is 16.7 Å². The molecule has 0 aromatic heterocycles. The minimum absolute atomic E-state index is 0.00661. The lowest BCUT2D eigenvalue weighted by Crippen LogP contribution is -3.08.